The van der Waals surface area contributed by atoms with Gasteiger partial charge in [-0.15, -0.1) is 0 Å². The molecule has 94 valence electrons. The summed E-state index contributed by atoms with van der Waals surface area (Å²) in [6, 6.07) is 9.06. The monoisotopic (exact) mass is 312 g/mol. The Bertz CT molecular complexity index is 587. The molecule has 0 aliphatic rings. The Labute approximate surface area is 112 Å². The van der Waals surface area contributed by atoms with Crippen LogP contribution in [0.15, 0.2) is 40.9 Å². The van der Waals surface area contributed by atoms with E-state index in [0.717, 1.165) is 0 Å². The number of nitrogens with two attached hydrogens (primary N) is 1. The topological polar surface area (TPSA) is 29.3 Å². The van der Waals surface area contributed by atoms with Crippen LogP contribution in [0.2, 0.25) is 0 Å². The third kappa shape index (κ3) is 2.31. The third-order valence-corrected chi connectivity index (χ3v) is 3.25. The van der Waals surface area contributed by atoms with Crippen molar-refractivity contribution >= 4 is 33.0 Å². The van der Waals surface area contributed by atoms with Crippen LogP contribution in [0.25, 0.3) is 0 Å². The van der Waals surface area contributed by atoms with Crippen LogP contribution >= 0.6 is 15.9 Å². The Hall–Kier alpha value is -1.62. The van der Waals surface area contributed by atoms with Gasteiger partial charge in [-0.3, -0.25) is 0 Å². The van der Waals surface area contributed by atoms with Crippen LogP contribution in [0.3, 0.4) is 0 Å². The van der Waals surface area contributed by atoms with E-state index in [1.165, 1.54) is 18.2 Å². The number of benzene rings is 2. The molecule has 0 aromatic heterocycles. The summed E-state index contributed by atoms with van der Waals surface area (Å²) < 4.78 is 27.2. The number of hydrogen-bond donors (Lipinski definition) is 1. The molecule has 0 fully saturated rings. The van der Waals surface area contributed by atoms with Crippen molar-refractivity contribution in [3.05, 3.63) is 52.5 Å². The van der Waals surface area contributed by atoms with Crippen molar-refractivity contribution in [2.75, 3.05) is 17.7 Å². The predicted molar refractivity (Wildman–Crippen MR) is 73.0 cm³/mol. The average molecular weight is 313 g/mol. The average Bonchev–Trinajstić information content (AvgIpc) is 2.33. The van der Waals surface area contributed by atoms with Crippen LogP contribution < -0.4 is 10.6 Å². The predicted octanol–water partition coefficient (Wildman–Crippen LogP) is 4.08. The van der Waals surface area contributed by atoms with Crippen LogP contribution in [-0.2, 0) is 0 Å². The van der Waals surface area contributed by atoms with Crippen molar-refractivity contribution in [3.8, 4) is 0 Å². The minimum Gasteiger partial charge on any atom is -0.397 e. The maximum Gasteiger partial charge on any atom is 0.146 e. The van der Waals surface area contributed by atoms with Crippen molar-refractivity contribution in [2.45, 2.75) is 0 Å². The van der Waals surface area contributed by atoms with Gasteiger partial charge < -0.3 is 10.6 Å². The standard InChI is InChI=1S/C13H11BrF2N2/c1-18(12-5-3-2-4-9(12)15)13-6-8(14)10(16)7-11(13)17/h2-7H,17H2,1H3. The van der Waals surface area contributed by atoms with Gasteiger partial charge in [0.2, 0.25) is 0 Å². The van der Waals surface area contributed by atoms with E-state index >= 15 is 0 Å². The summed E-state index contributed by atoms with van der Waals surface area (Å²) in [6.45, 7) is 0. The summed E-state index contributed by atoms with van der Waals surface area (Å²) in [4.78, 5) is 1.58. The second-order valence-electron chi connectivity index (χ2n) is 3.84. The second kappa shape index (κ2) is 4.94. The molecule has 2 aromatic rings. The van der Waals surface area contributed by atoms with E-state index in [4.69, 9.17) is 5.73 Å². The number of nitrogens with zero attached hydrogens (tertiary/aromatic N) is 1. The first-order valence-corrected chi connectivity index (χ1v) is 6.03. The Kier molecular flexibility index (Phi) is 3.52. The highest BCUT2D eigenvalue weighted by Crippen LogP contribution is 2.34. The highest BCUT2D eigenvalue weighted by Gasteiger charge is 2.13. The van der Waals surface area contributed by atoms with Crippen molar-refractivity contribution in [3.63, 3.8) is 0 Å². The first-order valence-electron chi connectivity index (χ1n) is 5.23. The van der Waals surface area contributed by atoms with Gasteiger partial charge in [-0.2, -0.15) is 0 Å². The highest BCUT2D eigenvalue weighted by molar-refractivity contribution is 9.10. The number of para-hydroxylation sites is 1. The molecular weight excluding hydrogens is 302 g/mol. The molecule has 0 amide bonds. The van der Waals surface area contributed by atoms with Gasteiger partial charge in [0.05, 0.1) is 21.5 Å². The molecule has 0 radical (unpaired) electrons. The maximum atomic E-state index is 13.7. The van der Waals surface area contributed by atoms with Gasteiger partial charge in [0.15, 0.2) is 0 Å². The molecule has 0 aliphatic carbocycles. The third-order valence-electron chi connectivity index (χ3n) is 2.64. The van der Waals surface area contributed by atoms with Crippen molar-refractivity contribution < 1.29 is 8.78 Å². The Morgan fingerprint density at radius 2 is 1.72 bits per heavy atom. The molecule has 0 saturated heterocycles. The zero-order chi connectivity index (χ0) is 13.3. The summed E-state index contributed by atoms with van der Waals surface area (Å²) in [6.07, 6.45) is 0. The molecular formula is C13H11BrF2N2. The second-order valence-corrected chi connectivity index (χ2v) is 4.69. The molecule has 0 heterocycles. The number of nitrogen functional groups attached to an aromatic ring is 1. The van der Waals surface area contributed by atoms with Gasteiger partial charge in [-0.05, 0) is 34.1 Å². The molecule has 2 aromatic carbocycles. The number of halogens is 3. The summed E-state index contributed by atoms with van der Waals surface area (Å²) in [5.74, 6) is -0.807. The minimum absolute atomic E-state index is 0.251. The lowest BCUT2D eigenvalue weighted by atomic mass is 10.2. The molecule has 0 aliphatic heterocycles. The first-order chi connectivity index (χ1) is 8.50. The quantitative estimate of drug-likeness (QED) is 0.847. The maximum absolute atomic E-state index is 13.7. The summed E-state index contributed by atoms with van der Waals surface area (Å²) in [7, 11) is 1.68. The number of anilines is 3. The van der Waals surface area contributed by atoms with Gasteiger partial charge in [-0.25, -0.2) is 8.78 Å². The van der Waals surface area contributed by atoms with Gasteiger partial charge in [-0.1, -0.05) is 12.1 Å². The fourth-order valence-electron chi connectivity index (χ4n) is 1.70. The zero-order valence-corrected chi connectivity index (χ0v) is 11.2. The zero-order valence-electron chi connectivity index (χ0n) is 9.62. The van der Waals surface area contributed by atoms with Crippen molar-refractivity contribution in [1.29, 1.82) is 0 Å². The van der Waals surface area contributed by atoms with Gasteiger partial charge in [0, 0.05) is 13.1 Å². The van der Waals surface area contributed by atoms with Crippen molar-refractivity contribution in [1.82, 2.24) is 0 Å². The van der Waals surface area contributed by atoms with Crippen LogP contribution in [0.1, 0.15) is 0 Å². The molecule has 2 rings (SSSR count). The van der Waals surface area contributed by atoms with Crippen LogP contribution in [0.5, 0.6) is 0 Å². The lowest BCUT2D eigenvalue weighted by molar-refractivity contribution is 0.621. The SMILES string of the molecule is CN(c1cc(Br)c(F)cc1N)c1ccccc1F. The van der Waals surface area contributed by atoms with Gasteiger partial charge >= 0.3 is 0 Å². The fraction of sp³-hybridized carbons (Fsp3) is 0.0769. The number of hydrogen-bond acceptors (Lipinski definition) is 2. The van der Waals surface area contributed by atoms with E-state index < -0.39 is 5.82 Å². The van der Waals surface area contributed by atoms with Crippen molar-refractivity contribution in [2.24, 2.45) is 0 Å². The van der Waals surface area contributed by atoms with E-state index in [9.17, 15) is 8.78 Å². The summed E-state index contributed by atoms with van der Waals surface area (Å²) in [5, 5.41) is 0. The lowest BCUT2D eigenvalue weighted by Crippen LogP contribution is -2.13. The smallest absolute Gasteiger partial charge is 0.146 e. The Balaban J connectivity index is 2.50. The van der Waals surface area contributed by atoms with Gasteiger partial charge in [0.1, 0.15) is 11.6 Å². The van der Waals surface area contributed by atoms with E-state index in [-0.39, 0.29) is 16.0 Å². The molecule has 0 unspecified atom stereocenters. The summed E-state index contributed by atoms with van der Waals surface area (Å²) >= 11 is 3.09. The lowest BCUT2D eigenvalue weighted by Gasteiger charge is -2.22. The molecule has 0 spiro atoms. The molecule has 0 atom stereocenters. The molecule has 2 nitrogen and oxygen atoms in total. The van der Waals surface area contributed by atoms with E-state index in [2.05, 4.69) is 15.9 Å². The normalized spacial score (nSPS) is 10.4. The van der Waals surface area contributed by atoms with Crippen LogP contribution in [0.4, 0.5) is 25.8 Å². The van der Waals surface area contributed by atoms with E-state index in [1.807, 2.05) is 0 Å². The van der Waals surface area contributed by atoms with Crippen LogP contribution in [0, 0.1) is 11.6 Å². The molecule has 0 saturated carbocycles. The van der Waals surface area contributed by atoms with E-state index in [0.29, 0.717) is 11.4 Å². The summed E-state index contributed by atoms with van der Waals surface area (Å²) in [5.41, 5.74) is 6.92. The molecule has 5 heteroatoms. The molecule has 2 N–H and O–H groups in total. The van der Waals surface area contributed by atoms with Crippen LogP contribution in [-0.4, -0.2) is 7.05 Å². The Morgan fingerprint density at radius 3 is 2.39 bits per heavy atom. The van der Waals surface area contributed by atoms with Gasteiger partial charge in [0.25, 0.3) is 0 Å². The highest BCUT2D eigenvalue weighted by atomic mass is 79.9. The Morgan fingerprint density at radius 1 is 1.06 bits per heavy atom. The number of rotatable bonds is 2. The first kappa shape index (κ1) is 12.8. The van der Waals surface area contributed by atoms with E-state index in [1.54, 1.807) is 30.1 Å². The fourth-order valence-corrected chi connectivity index (χ4v) is 2.03. The molecule has 18 heavy (non-hydrogen) atoms. The molecule has 0 bridgehead atoms. The minimum atomic E-state index is -0.446. The largest absolute Gasteiger partial charge is 0.397 e.